The van der Waals surface area contributed by atoms with Crippen LogP contribution in [0.5, 0.6) is 0 Å². The lowest BCUT2D eigenvalue weighted by Gasteiger charge is -2.31. The van der Waals surface area contributed by atoms with Gasteiger partial charge in [-0.2, -0.15) is 0 Å². The van der Waals surface area contributed by atoms with Gasteiger partial charge in [0.05, 0.1) is 5.92 Å². The monoisotopic (exact) mass is 281 g/mol. The number of carboxylic acids is 1. The molecule has 4 heteroatoms. The first kappa shape index (κ1) is 15.3. The Bertz CT molecular complexity index is 340. The minimum atomic E-state index is -0.687. The number of carbonyl (C=O) groups is 2. The summed E-state index contributed by atoms with van der Waals surface area (Å²) in [5, 5.41) is 12.1. The van der Waals surface area contributed by atoms with Gasteiger partial charge < -0.3 is 10.4 Å². The van der Waals surface area contributed by atoms with E-state index in [1.54, 1.807) is 0 Å². The molecule has 114 valence electrons. The second kappa shape index (κ2) is 7.09. The number of carboxylic acid groups (broad SMARTS) is 1. The first-order valence-electron chi connectivity index (χ1n) is 8.13. The summed E-state index contributed by atoms with van der Waals surface area (Å²) >= 11 is 0. The SMILES string of the molecule is CCC1CCC(C(=O)NC2CCC(C(=O)O)CC2)CC1. The summed E-state index contributed by atoms with van der Waals surface area (Å²) in [5.74, 6) is 0.314. The topological polar surface area (TPSA) is 66.4 Å². The van der Waals surface area contributed by atoms with Crippen molar-refractivity contribution in [3.8, 4) is 0 Å². The van der Waals surface area contributed by atoms with Gasteiger partial charge in [0.15, 0.2) is 0 Å². The third kappa shape index (κ3) is 3.97. The maximum atomic E-state index is 12.2. The van der Waals surface area contributed by atoms with Crippen LogP contribution in [0.2, 0.25) is 0 Å². The zero-order chi connectivity index (χ0) is 14.5. The molecule has 0 atom stereocenters. The second-order valence-electron chi connectivity index (χ2n) is 6.52. The van der Waals surface area contributed by atoms with Crippen molar-refractivity contribution in [1.82, 2.24) is 5.32 Å². The van der Waals surface area contributed by atoms with Crippen LogP contribution in [0.15, 0.2) is 0 Å². The molecule has 0 bridgehead atoms. The summed E-state index contributed by atoms with van der Waals surface area (Å²) < 4.78 is 0. The van der Waals surface area contributed by atoms with Crippen molar-refractivity contribution in [3.05, 3.63) is 0 Å². The fourth-order valence-corrected chi connectivity index (χ4v) is 3.64. The second-order valence-corrected chi connectivity index (χ2v) is 6.52. The molecule has 2 rings (SSSR count). The van der Waals surface area contributed by atoms with Crippen LogP contribution in [0.25, 0.3) is 0 Å². The van der Waals surface area contributed by atoms with Gasteiger partial charge in [-0.05, 0) is 57.3 Å². The van der Waals surface area contributed by atoms with E-state index in [2.05, 4.69) is 12.2 Å². The van der Waals surface area contributed by atoms with Crippen LogP contribution in [0, 0.1) is 17.8 Å². The molecular weight excluding hydrogens is 254 g/mol. The lowest BCUT2D eigenvalue weighted by Crippen LogP contribution is -2.42. The van der Waals surface area contributed by atoms with Gasteiger partial charge in [0, 0.05) is 12.0 Å². The zero-order valence-electron chi connectivity index (χ0n) is 12.4. The van der Waals surface area contributed by atoms with E-state index in [0.717, 1.165) is 31.6 Å². The third-order valence-electron chi connectivity index (χ3n) is 5.22. The Balaban J connectivity index is 1.72. The van der Waals surface area contributed by atoms with E-state index in [1.807, 2.05) is 0 Å². The molecule has 0 radical (unpaired) electrons. The van der Waals surface area contributed by atoms with E-state index in [1.165, 1.54) is 19.3 Å². The number of aliphatic carboxylic acids is 1. The van der Waals surface area contributed by atoms with Gasteiger partial charge in [-0.3, -0.25) is 9.59 Å². The Labute approximate surface area is 121 Å². The average Bonchev–Trinajstić information content (AvgIpc) is 2.48. The molecule has 1 amide bonds. The highest BCUT2D eigenvalue weighted by Gasteiger charge is 2.30. The molecule has 0 saturated heterocycles. The van der Waals surface area contributed by atoms with E-state index in [4.69, 9.17) is 5.11 Å². The number of hydrogen-bond acceptors (Lipinski definition) is 2. The molecule has 2 saturated carbocycles. The van der Waals surface area contributed by atoms with Gasteiger partial charge in [0.2, 0.25) is 5.91 Å². The molecule has 0 heterocycles. The Morgan fingerprint density at radius 1 is 0.950 bits per heavy atom. The number of amides is 1. The maximum Gasteiger partial charge on any atom is 0.306 e. The molecular formula is C16H27NO3. The Hall–Kier alpha value is -1.06. The highest BCUT2D eigenvalue weighted by molar-refractivity contribution is 5.79. The van der Waals surface area contributed by atoms with Crippen molar-refractivity contribution in [3.63, 3.8) is 0 Å². The predicted octanol–water partition coefficient (Wildman–Crippen LogP) is 2.96. The maximum absolute atomic E-state index is 12.2. The molecule has 2 aliphatic rings. The van der Waals surface area contributed by atoms with Crippen molar-refractivity contribution in [1.29, 1.82) is 0 Å². The molecule has 0 aromatic carbocycles. The van der Waals surface area contributed by atoms with E-state index in [0.29, 0.717) is 12.8 Å². The van der Waals surface area contributed by atoms with E-state index in [-0.39, 0.29) is 23.8 Å². The van der Waals surface area contributed by atoms with Gasteiger partial charge in [-0.15, -0.1) is 0 Å². The minimum absolute atomic E-state index is 0.190. The molecule has 20 heavy (non-hydrogen) atoms. The smallest absolute Gasteiger partial charge is 0.306 e. The van der Waals surface area contributed by atoms with Crippen LogP contribution in [0.3, 0.4) is 0 Å². The van der Waals surface area contributed by atoms with Crippen LogP contribution in [0.4, 0.5) is 0 Å². The molecule has 0 unspecified atom stereocenters. The highest BCUT2D eigenvalue weighted by Crippen LogP contribution is 2.31. The normalized spacial score (nSPS) is 34.5. The van der Waals surface area contributed by atoms with Gasteiger partial charge in [-0.1, -0.05) is 13.3 Å². The van der Waals surface area contributed by atoms with Crippen LogP contribution < -0.4 is 5.32 Å². The summed E-state index contributed by atoms with van der Waals surface area (Å²) in [4.78, 5) is 23.2. The number of carbonyl (C=O) groups excluding carboxylic acids is 1. The first-order chi connectivity index (χ1) is 9.60. The Morgan fingerprint density at radius 3 is 2.00 bits per heavy atom. The van der Waals surface area contributed by atoms with E-state index in [9.17, 15) is 9.59 Å². The number of rotatable bonds is 4. The molecule has 0 spiro atoms. The zero-order valence-corrected chi connectivity index (χ0v) is 12.4. The van der Waals surface area contributed by atoms with Crippen LogP contribution in [-0.4, -0.2) is 23.0 Å². The fraction of sp³-hybridized carbons (Fsp3) is 0.875. The highest BCUT2D eigenvalue weighted by atomic mass is 16.4. The Kier molecular flexibility index (Phi) is 5.44. The average molecular weight is 281 g/mol. The minimum Gasteiger partial charge on any atom is -0.481 e. The van der Waals surface area contributed by atoms with Crippen molar-refractivity contribution in [2.24, 2.45) is 17.8 Å². The third-order valence-corrected chi connectivity index (χ3v) is 5.22. The lowest BCUT2D eigenvalue weighted by atomic mass is 9.80. The first-order valence-corrected chi connectivity index (χ1v) is 8.13. The van der Waals surface area contributed by atoms with Gasteiger partial charge >= 0.3 is 5.97 Å². The number of nitrogens with one attached hydrogen (secondary N) is 1. The fourth-order valence-electron chi connectivity index (χ4n) is 3.64. The van der Waals surface area contributed by atoms with Gasteiger partial charge in [0.1, 0.15) is 0 Å². The van der Waals surface area contributed by atoms with E-state index >= 15 is 0 Å². The molecule has 2 N–H and O–H groups in total. The molecule has 0 aliphatic heterocycles. The number of hydrogen-bond donors (Lipinski definition) is 2. The van der Waals surface area contributed by atoms with Gasteiger partial charge in [-0.25, -0.2) is 0 Å². The quantitative estimate of drug-likeness (QED) is 0.832. The molecule has 2 aliphatic carbocycles. The summed E-state index contributed by atoms with van der Waals surface area (Å²) in [6.07, 6.45) is 8.66. The standard InChI is InChI=1S/C16H27NO3/c1-2-11-3-5-12(6-4-11)15(18)17-14-9-7-13(8-10-14)16(19)20/h11-14H,2-10H2,1H3,(H,17,18)(H,19,20). The van der Waals surface area contributed by atoms with Crippen LogP contribution >= 0.6 is 0 Å². The largest absolute Gasteiger partial charge is 0.481 e. The van der Waals surface area contributed by atoms with Crippen LogP contribution in [0.1, 0.15) is 64.7 Å². The Morgan fingerprint density at radius 2 is 1.50 bits per heavy atom. The van der Waals surface area contributed by atoms with Crippen molar-refractivity contribution in [2.75, 3.05) is 0 Å². The summed E-state index contributed by atoms with van der Waals surface area (Å²) in [6.45, 7) is 2.23. The molecule has 0 aromatic rings. The molecule has 0 aromatic heterocycles. The van der Waals surface area contributed by atoms with Crippen LogP contribution in [-0.2, 0) is 9.59 Å². The van der Waals surface area contributed by atoms with Crippen molar-refractivity contribution >= 4 is 11.9 Å². The molecule has 4 nitrogen and oxygen atoms in total. The predicted molar refractivity (Wildman–Crippen MR) is 77.3 cm³/mol. The summed E-state index contributed by atoms with van der Waals surface area (Å²) in [7, 11) is 0. The van der Waals surface area contributed by atoms with Gasteiger partial charge in [0.25, 0.3) is 0 Å². The van der Waals surface area contributed by atoms with E-state index < -0.39 is 5.97 Å². The summed E-state index contributed by atoms with van der Waals surface area (Å²) in [5.41, 5.74) is 0. The van der Waals surface area contributed by atoms with Crippen molar-refractivity contribution < 1.29 is 14.7 Å². The lowest BCUT2D eigenvalue weighted by molar-refractivity contribution is -0.142. The van der Waals surface area contributed by atoms with Crippen molar-refractivity contribution in [2.45, 2.75) is 70.8 Å². The molecule has 2 fully saturated rings. The summed E-state index contributed by atoms with van der Waals surface area (Å²) in [6, 6.07) is 0.196.